The minimum absolute atomic E-state index is 0.00255. The zero-order chi connectivity index (χ0) is 15.9. The summed E-state index contributed by atoms with van der Waals surface area (Å²) in [4.78, 5) is 12.0. The van der Waals surface area contributed by atoms with Gasteiger partial charge in [0, 0.05) is 5.56 Å². The van der Waals surface area contributed by atoms with Gasteiger partial charge in [-0.1, -0.05) is 18.2 Å². The second kappa shape index (κ2) is 7.14. The molecular formula is C17H11F2NO2. The molecule has 0 aromatic heterocycles. The molecule has 3 nitrogen and oxygen atoms in total. The quantitative estimate of drug-likeness (QED) is 0.618. The first-order valence-electron chi connectivity index (χ1n) is 6.36. The van der Waals surface area contributed by atoms with Crippen molar-refractivity contribution in [2.75, 3.05) is 0 Å². The summed E-state index contributed by atoms with van der Waals surface area (Å²) in [7, 11) is 0. The summed E-state index contributed by atoms with van der Waals surface area (Å²) in [5.41, 5.74) is 1.59. The van der Waals surface area contributed by atoms with Crippen molar-refractivity contribution in [3.8, 4) is 11.8 Å². The van der Waals surface area contributed by atoms with Gasteiger partial charge >= 0.3 is 6.61 Å². The van der Waals surface area contributed by atoms with E-state index in [0.29, 0.717) is 11.1 Å². The molecule has 0 fully saturated rings. The number of hydrogen-bond acceptors (Lipinski definition) is 3. The first-order chi connectivity index (χ1) is 10.6. The lowest BCUT2D eigenvalue weighted by Crippen LogP contribution is -2.02. The number of halogens is 2. The number of benzene rings is 2. The topological polar surface area (TPSA) is 50.1 Å². The average molecular weight is 299 g/mol. The predicted octanol–water partition coefficient (Wildman–Crippen LogP) is 4.06. The Bertz CT molecular complexity index is 731. The highest BCUT2D eigenvalue weighted by atomic mass is 19.3. The van der Waals surface area contributed by atoms with Crippen LogP contribution in [0.15, 0.2) is 54.6 Å². The van der Waals surface area contributed by atoms with Crippen LogP contribution in [-0.2, 0) is 0 Å². The summed E-state index contributed by atoms with van der Waals surface area (Å²) in [5, 5.41) is 8.80. The molecule has 2 aromatic rings. The van der Waals surface area contributed by atoms with Crippen LogP contribution in [0.1, 0.15) is 21.5 Å². The second-order valence-corrected chi connectivity index (χ2v) is 4.34. The van der Waals surface area contributed by atoms with Gasteiger partial charge in [0.15, 0.2) is 5.78 Å². The number of nitriles is 1. The molecule has 0 atom stereocenters. The zero-order valence-corrected chi connectivity index (χ0v) is 11.4. The smallest absolute Gasteiger partial charge is 0.387 e. The number of allylic oxidation sites excluding steroid dienone is 1. The van der Waals surface area contributed by atoms with Gasteiger partial charge in [-0.3, -0.25) is 4.79 Å². The Hall–Kier alpha value is -3.00. The Morgan fingerprint density at radius 2 is 1.91 bits per heavy atom. The molecule has 0 radical (unpaired) electrons. The molecule has 0 bridgehead atoms. The number of alkyl halides is 2. The highest BCUT2D eigenvalue weighted by Crippen LogP contribution is 2.16. The Morgan fingerprint density at radius 3 is 2.55 bits per heavy atom. The molecule has 0 saturated carbocycles. The first-order valence-corrected chi connectivity index (χ1v) is 6.36. The third-order valence-corrected chi connectivity index (χ3v) is 2.81. The Balaban J connectivity index is 2.08. The molecule has 0 aliphatic rings. The van der Waals surface area contributed by atoms with E-state index >= 15 is 0 Å². The van der Waals surface area contributed by atoms with Gasteiger partial charge in [0.05, 0.1) is 11.6 Å². The van der Waals surface area contributed by atoms with Crippen LogP contribution in [0.3, 0.4) is 0 Å². The Morgan fingerprint density at radius 1 is 1.18 bits per heavy atom. The van der Waals surface area contributed by atoms with Gasteiger partial charge in [0.2, 0.25) is 0 Å². The van der Waals surface area contributed by atoms with Gasteiger partial charge < -0.3 is 4.74 Å². The van der Waals surface area contributed by atoms with Crippen molar-refractivity contribution in [1.82, 2.24) is 0 Å². The van der Waals surface area contributed by atoms with E-state index in [4.69, 9.17) is 5.26 Å². The summed E-state index contributed by atoms with van der Waals surface area (Å²) >= 11 is 0. The highest BCUT2D eigenvalue weighted by Gasteiger charge is 2.06. The summed E-state index contributed by atoms with van der Waals surface area (Å²) in [5.74, 6) is -0.275. The fraction of sp³-hybridized carbons (Fsp3) is 0.0588. The summed E-state index contributed by atoms with van der Waals surface area (Å²) in [6.45, 7) is -2.89. The van der Waals surface area contributed by atoms with Gasteiger partial charge in [-0.2, -0.15) is 14.0 Å². The van der Waals surface area contributed by atoms with Crippen LogP contribution in [0.5, 0.6) is 5.75 Å². The molecule has 0 spiro atoms. The van der Waals surface area contributed by atoms with Crippen molar-refractivity contribution in [1.29, 1.82) is 5.26 Å². The molecule has 0 amide bonds. The average Bonchev–Trinajstić information content (AvgIpc) is 2.53. The fourth-order valence-corrected chi connectivity index (χ4v) is 1.78. The van der Waals surface area contributed by atoms with E-state index in [-0.39, 0.29) is 11.5 Å². The highest BCUT2D eigenvalue weighted by molar-refractivity contribution is 6.06. The normalized spacial score (nSPS) is 10.6. The minimum Gasteiger partial charge on any atom is -0.435 e. The number of ether oxygens (including phenoxy) is 1. The van der Waals surface area contributed by atoms with Crippen molar-refractivity contribution in [3.63, 3.8) is 0 Å². The Kier molecular flexibility index (Phi) is 4.99. The van der Waals surface area contributed by atoms with Crippen molar-refractivity contribution in [2.24, 2.45) is 0 Å². The van der Waals surface area contributed by atoms with E-state index in [2.05, 4.69) is 4.74 Å². The number of hydrogen-bond donors (Lipinski definition) is 0. The van der Waals surface area contributed by atoms with E-state index < -0.39 is 6.61 Å². The van der Waals surface area contributed by atoms with Gasteiger partial charge in [0.25, 0.3) is 0 Å². The number of ketones is 1. The molecule has 0 aliphatic carbocycles. The van der Waals surface area contributed by atoms with E-state index in [1.165, 1.54) is 30.3 Å². The molecule has 0 aliphatic heterocycles. The van der Waals surface area contributed by atoms with Crippen LogP contribution >= 0.6 is 0 Å². The first kappa shape index (κ1) is 15.4. The second-order valence-electron chi connectivity index (χ2n) is 4.34. The van der Waals surface area contributed by atoms with Crippen LogP contribution < -0.4 is 4.74 Å². The summed E-state index contributed by atoms with van der Waals surface area (Å²) in [6, 6.07) is 14.3. The van der Waals surface area contributed by atoms with Crippen LogP contribution in [0, 0.1) is 11.3 Å². The van der Waals surface area contributed by atoms with Crippen molar-refractivity contribution < 1.29 is 18.3 Å². The molecule has 22 heavy (non-hydrogen) atoms. The molecule has 0 N–H and O–H groups in total. The third kappa shape index (κ3) is 4.25. The van der Waals surface area contributed by atoms with E-state index in [1.54, 1.807) is 30.3 Å². The maximum atomic E-state index is 12.0. The maximum Gasteiger partial charge on any atom is 0.387 e. The Labute approximate surface area is 126 Å². The predicted molar refractivity (Wildman–Crippen MR) is 77.6 cm³/mol. The molecule has 110 valence electrons. The van der Waals surface area contributed by atoms with Gasteiger partial charge in [-0.25, -0.2) is 0 Å². The largest absolute Gasteiger partial charge is 0.435 e. The number of carbonyl (C=O) groups excluding carboxylic acids is 1. The van der Waals surface area contributed by atoms with Gasteiger partial charge in [0.1, 0.15) is 5.75 Å². The molecular weight excluding hydrogens is 288 g/mol. The molecule has 0 heterocycles. The van der Waals surface area contributed by atoms with Crippen molar-refractivity contribution in [2.45, 2.75) is 6.61 Å². The van der Waals surface area contributed by atoms with Crippen molar-refractivity contribution in [3.05, 3.63) is 71.3 Å². The van der Waals surface area contributed by atoms with E-state index in [0.717, 1.165) is 5.56 Å². The lowest BCUT2D eigenvalue weighted by atomic mass is 10.1. The minimum atomic E-state index is -2.89. The zero-order valence-electron chi connectivity index (χ0n) is 11.4. The maximum absolute atomic E-state index is 12.0. The third-order valence-electron chi connectivity index (χ3n) is 2.81. The molecule has 5 heteroatoms. The van der Waals surface area contributed by atoms with E-state index in [1.807, 2.05) is 6.07 Å². The lowest BCUT2D eigenvalue weighted by molar-refractivity contribution is -0.0498. The molecule has 2 aromatic carbocycles. The van der Waals surface area contributed by atoms with Crippen LogP contribution in [0.4, 0.5) is 8.78 Å². The molecule has 2 rings (SSSR count). The standard InChI is InChI=1S/C17H11F2NO2/c18-17(19)22-15-7-5-14(6-8-15)16(21)9-4-12-2-1-3-13(10-12)11-20/h1-10,17H/b9-4+. The lowest BCUT2D eigenvalue weighted by Gasteiger charge is -2.04. The number of carbonyl (C=O) groups is 1. The molecule has 0 unspecified atom stereocenters. The van der Waals surface area contributed by atoms with Crippen LogP contribution in [0.2, 0.25) is 0 Å². The van der Waals surface area contributed by atoms with Gasteiger partial charge in [-0.05, 0) is 48.0 Å². The van der Waals surface area contributed by atoms with Gasteiger partial charge in [-0.15, -0.1) is 0 Å². The monoisotopic (exact) mass is 299 g/mol. The van der Waals surface area contributed by atoms with Crippen LogP contribution in [0.25, 0.3) is 6.08 Å². The molecule has 0 saturated heterocycles. The van der Waals surface area contributed by atoms with Crippen LogP contribution in [-0.4, -0.2) is 12.4 Å². The summed E-state index contributed by atoms with van der Waals surface area (Å²) in [6.07, 6.45) is 2.95. The van der Waals surface area contributed by atoms with E-state index in [9.17, 15) is 13.6 Å². The summed E-state index contributed by atoms with van der Waals surface area (Å²) < 4.78 is 28.3. The SMILES string of the molecule is N#Cc1cccc(/C=C/C(=O)c2ccc(OC(F)F)cc2)c1. The number of nitrogens with zero attached hydrogens (tertiary/aromatic N) is 1. The fourth-order valence-electron chi connectivity index (χ4n) is 1.78. The number of rotatable bonds is 5. The van der Waals surface area contributed by atoms with Crippen molar-refractivity contribution >= 4 is 11.9 Å².